The predicted molar refractivity (Wildman–Crippen MR) is 114 cm³/mol. The first-order valence-corrected chi connectivity index (χ1v) is 10.9. The highest BCUT2D eigenvalue weighted by molar-refractivity contribution is 5.95. The summed E-state index contributed by atoms with van der Waals surface area (Å²) in [5, 5.41) is 14.3. The molecule has 29 heavy (non-hydrogen) atoms. The lowest BCUT2D eigenvalue weighted by atomic mass is 9.67. The number of nitrogens with zero attached hydrogens (tertiary/aromatic N) is 1. The molecule has 1 aliphatic heterocycles. The summed E-state index contributed by atoms with van der Waals surface area (Å²) in [5.74, 6) is 1.54. The number of rotatable bonds is 6. The Morgan fingerprint density at radius 2 is 1.62 bits per heavy atom. The van der Waals surface area contributed by atoms with E-state index in [-0.39, 0.29) is 11.4 Å². The van der Waals surface area contributed by atoms with Crippen LogP contribution in [-0.4, -0.2) is 46.7 Å². The van der Waals surface area contributed by atoms with Crippen molar-refractivity contribution in [3.63, 3.8) is 0 Å². The number of carbonyl (C=O) groups excluding carboxylic acids is 1. The van der Waals surface area contributed by atoms with E-state index in [2.05, 4.69) is 41.4 Å². The molecule has 0 spiro atoms. The van der Waals surface area contributed by atoms with Gasteiger partial charge in [-0.1, -0.05) is 55.5 Å². The first-order valence-electron chi connectivity index (χ1n) is 10.9. The molecule has 0 radical (unpaired) electrons. The van der Waals surface area contributed by atoms with E-state index in [0.29, 0.717) is 17.8 Å². The van der Waals surface area contributed by atoms with Crippen molar-refractivity contribution in [1.82, 2.24) is 10.2 Å². The van der Waals surface area contributed by atoms with Crippen LogP contribution < -0.4 is 5.32 Å². The molecular formula is C25H30N2O2. The highest BCUT2D eigenvalue weighted by atomic mass is 16.3. The lowest BCUT2D eigenvalue weighted by Crippen LogP contribution is -2.53. The van der Waals surface area contributed by atoms with E-state index in [4.69, 9.17) is 0 Å². The maximum absolute atomic E-state index is 12.7. The molecule has 2 atom stereocenters. The smallest absolute Gasteiger partial charge is 0.251 e. The van der Waals surface area contributed by atoms with Gasteiger partial charge in [0, 0.05) is 42.6 Å². The Kier molecular flexibility index (Phi) is 4.52. The number of benzene rings is 2. The van der Waals surface area contributed by atoms with Gasteiger partial charge in [-0.2, -0.15) is 0 Å². The molecule has 2 unspecified atom stereocenters. The average molecular weight is 391 g/mol. The number of aliphatic hydroxyl groups is 1. The third-order valence-electron chi connectivity index (χ3n) is 7.62. The average Bonchev–Trinajstić information content (AvgIpc) is 3.07. The van der Waals surface area contributed by atoms with Gasteiger partial charge in [0.15, 0.2) is 0 Å². The monoisotopic (exact) mass is 390 g/mol. The van der Waals surface area contributed by atoms with E-state index in [1.54, 1.807) is 0 Å². The molecule has 2 aliphatic carbocycles. The molecule has 0 aromatic heterocycles. The summed E-state index contributed by atoms with van der Waals surface area (Å²) in [6.07, 6.45) is 2.67. The maximum atomic E-state index is 12.7. The molecule has 5 rings (SSSR count). The van der Waals surface area contributed by atoms with Crippen LogP contribution in [0.3, 0.4) is 0 Å². The third-order valence-corrected chi connectivity index (χ3v) is 7.62. The second-order valence-electron chi connectivity index (χ2n) is 9.36. The molecule has 2 aromatic rings. The van der Waals surface area contributed by atoms with Gasteiger partial charge in [-0.25, -0.2) is 0 Å². The maximum Gasteiger partial charge on any atom is 0.251 e. The number of likely N-dealkylation sites (tertiary alicyclic amines) is 1. The van der Waals surface area contributed by atoms with Crippen molar-refractivity contribution >= 4 is 5.91 Å². The van der Waals surface area contributed by atoms with Gasteiger partial charge in [-0.05, 0) is 42.9 Å². The van der Waals surface area contributed by atoms with Crippen molar-refractivity contribution in [2.75, 3.05) is 19.6 Å². The van der Waals surface area contributed by atoms with E-state index >= 15 is 0 Å². The SMILES string of the molecule is CCC1(NC(=O)c2ccccc2)C2CN(CC3(O)CC(c4ccccc4)C3)CC21. The minimum Gasteiger partial charge on any atom is -0.389 e. The summed E-state index contributed by atoms with van der Waals surface area (Å²) < 4.78 is 0. The molecule has 4 nitrogen and oxygen atoms in total. The quantitative estimate of drug-likeness (QED) is 0.795. The summed E-state index contributed by atoms with van der Waals surface area (Å²) in [6.45, 7) is 4.89. The normalized spacial score (nSPS) is 35.6. The number of nitrogens with one attached hydrogen (secondary N) is 1. The fraction of sp³-hybridized carbons (Fsp3) is 0.480. The summed E-state index contributed by atoms with van der Waals surface area (Å²) >= 11 is 0. The lowest BCUT2D eigenvalue weighted by molar-refractivity contribution is -0.0713. The number of hydrogen-bond donors (Lipinski definition) is 2. The van der Waals surface area contributed by atoms with E-state index in [0.717, 1.165) is 44.5 Å². The van der Waals surface area contributed by atoms with Crippen LogP contribution in [-0.2, 0) is 0 Å². The Morgan fingerprint density at radius 3 is 2.21 bits per heavy atom. The van der Waals surface area contributed by atoms with Gasteiger partial charge in [0.25, 0.3) is 5.91 Å². The molecule has 1 heterocycles. The molecule has 0 bridgehead atoms. The van der Waals surface area contributed by atoms with Crippen LogP contribution in [0.1, 0.15) is 48.0 Å². The van der Waals surface area contributed by atoms with Crippen molar-refractivity contribution in [3.05, 3.63) is 71.8 Å². The van der Waals surface area contributed by atoms with Crippen molar-refractivity contribution in [3.8, 4) is 0 Å². The predicted octanol–water partition coefficient (Wildman–Crippen LogP) is 3.44. The number of piperidine rings is 1. The second kappa shape index (κ2) is 6.96. The number of β-amino-alcohol motifs (C(OH)–C–C–N with tert-alkyl or cyclic N) is 1. The van der Waals surface area contributed by atoms with E-state index in [9.17, 15) is 9.90 Å². The molecule has 152 valence electrons. The fourth-order valence-corrected chi connectivity index (χ4v) is 5.98. The summed E-state index contributed by atoms with van der Waals surface area (Å²) in [7, 11) is 0. The number of hydrogen-bond acceptors (Lipinski definition) is 3. The Balaban J connectivity index is 1.15. The summed E-state index contributed by atoms with van der Waals surface area (Å²) in [5.41, 5.74) is 1.46. The highest BCUT2D eigenvalue weighted by Crippen LogP contribution is 2.58. The number of carbonyl (C=O) groups is 1. The molecule has 4 heteroatoms. The summed E-state index contributed by atoms with van der Waals surface area (Å²) in [4.78, 5) is 15.1. The minimum absolute atomic E-state index is 0.0386. The van der Waals surface area contributed by atoms with Crippen LogP contribution in [0.2, 0.25) is 0 Å². The van der Waals surface area contributed by atoms with Crippen molar-refractivity contribution in [2.45, 2.75) is 43.2 Å². The number of fused-ring (bicyclic) bond motifs is 1. The highest BCUT2D eigenvalue weighted by Gasteiger charge is 2.68. The Morgan fingerprint density at radius 1 is 1.03 bits per heavy atom. The third kappa shape index (κ3) is 3.28. The molecular weight excluding hydrogens is 360 g/mol. The van der Waals surface area contributed by atoms with Crippen LogP contribution in [0.15, 0.2) is 60.7 Å². The van der Waals surface area contributed by atoms with Crippen molar-refractivity contribution < 1.29 is 9.90 Å². The van der Waals surface area contributed by atoms with Crippen LogP contribution in [0.4, 0.5) is 0 Å². The van der Waals surface area contributed by atoms with Crippen molar-refractivity contribution in [2.24, 2.45) is 11.8 Å². The Bertz CT molecular complexity index is 864. The molecule has 1 amide bonds. The van der Waals surface area contributed by atoms with E-state index < -0.39 is 5.60 Å². The minimum atomic E-state index is -0.556. The van der Waals surface area contributed by atoms with E-state index in [1.165, 1.54) is 5.56 Å². The van der Waals surface area contributed by atoms with Gasteiger partial charge >= 0.3 is 0 Å². The molecule has 2 aromatic carbocycles. The first-order chi connectivity index (χ1) is 14.0. The van der Waals surface area contributed by atoms with Crippen LogP contribution in [0.5, 0.6) is 0 Å². The largest absolute Gasteiger partial charge is 0.389 e. The zero-order valence-electron chi connectivity index (χ0n) is 17.1. The molecule has 2 N–H and O–H groups in total. The van der Waals surface area contributed by atoms with Gasteiger partial charge in [0.1, 0.15) is 0 Å². The van der Waals surface area contributed by atoms with Crippen LogP contribution in [0.25, 0.3) is 0 Å². The lowest BCUT2D eigenvalue weighted by Gasteiger charge is -2.46. The topological polar surface area (TPSA) is 52.6 Å². The van der Waals surface area contributed by atoms with Crippen LogP contribution in [0, 0.1) is 11.8 Å². The number of amides is 1. The molecule has 2 saturated carbocycles. The first kappa shape index (κ1) is 18.8. The van der Waals surface area contributed by atoms with Gasteiger partial charge in [-0.3, -0.25) is 9.69 Å². The summed E-state index contributed by atoms with van der Waals surface area (Å²) in [6, 6.07) is 20.0. The zero-order valence-corrected chi connectivity index (χ0v) is 17.1. The Labute approximate surface area is 172 Å². The van der Waals surface area contributed by atoms with Crippen molar-refractivity contribution in [1.29, 1.82) is 0 Å². The standard InChI is InChI=1S/C25H30N2O2/c1-2-25(26-23(28)19-11-7-4-8-12-19)21-15-27(16-22(21)25)17-24(29)13-20(14-24)18-9-5-3-6-10-18/h3-12,20-22,29H,2,13-17H2,1H3,(H,26,28). The molecule has 1 saturated heterocycles. The molecule has 3 fully saturated rings. The van der Waals surface area contributed by atoms with Gasteiger partial charge < -0.3 is 10.4 Å². The second-order valence-corrected chi connectivity index (χ2v) is 9.36. The van der Waals surface area contributed by atoms with Crippen LogP contribution >= 0.6 is 0 Å². The fourth-order valence-electron chi connectivity index (χ4n) is 5.98. The van der Waals surface area contributed by atoms with E-state index in [1.807, 2.05) is 36.4 Å². The molecule has 3 aliphatic rings. The Hall–Kier alpha value is -2.17. The zero-order chi connectivity index (χ0) is 20.1. The van der Waals surface area contributed by atoms with Gasteiger partial charge in [0.05, 0.1) is 5.60 Å². The van der Waals surface area contributed by atoms with Gasteiger partial charge in [-0.15, -0.1) is 0 Å². The van der Waals surface area contributed by atoms with Gasteiger partial charge in [0.2, 0.25) is 0 Å².